The zero-order chi connectivity index (χ0) is 15.3. The highest BCUT2D eigenvalue weighted by molar-refractivity contribution is 6.04. The lowest BCUT2D eigenvalue weighted by Gasteiger charge is -2.25. The molecule has 0 fully saturated rings. The van der Waals surface area contributed by atoms with Gasteiger partial charge in [0, 0.05) is 6.54 Å². The molecule has 0 spiro atoms. The van der Waals surface area contributed by atoms with E-state index in [-0.39, 0.29) is 12.2 Å². The summed E-state index contributed by atoms with van der Waals surface area (Å²) in [5, 5.41) is 12.0. The molecule has 0 saturated carbocycles. The molecule has 1 atom stereocenters. The van der Waals surface area contributed by atoms with Crippen LogP contribution in [0.5, 0.6) is 0 Å². The first-order valence-corrected chi connectivity index (χ1v) is 6.65. The second-order valence-electron chi connectivity index (χ2n) is 4.90. The summed E-state index contributed by atoms with van der Waals surface area (Å²) < 4.78 is 12.8. The van der Waals surface area contributed by atoms with Crippen LogP contribution in [-0.4, -0.2) is 23.5 Å². The van der Waals surface area contributed by atoms with Gasteiger partial charge in [-0.1, -0.05) is 36.4 Å². The third-order valence-corrected chi connectivity index (χ3v) is 3.47. The maximum Gasteiger partial charge on any atom is 0.323 e. The smallest absolute Gasteiger partial charge is 0.323 e. The summed E-state index contributed by atoms with van der Waals surface area (Å²) in [5.74, 6) is -2.01. The summed E-state index contributed by atoms with van der Waals surface area (Å²) in [6, 6.07) is 5.98. The maximum atomic E-state index is 12.8. The topological polar surface area (TPSA) is 66.4 Å². The van der Waals surface area contributed by atoms with Crippen molar-refractivity contribution < 1.29 is 19.1 Å². The van der Waals surface area contributed by atoms with Gasteiger partial charge in [0.2, 0.25) is 5.91 Å². The van der Waals surface area contributed by atoms with Crippen molar-refractivity contribution in [3.63, 3.8) is 0 Å². The van der Waals surface area contributed by atoms with Crippen molar-refractivity contribution >= 4 is 11.9 Å². The molecule has 110 valence electrons. The lowest BCUT2D eigenvalue weighted by atomic mass is 9.80. The molecule has 0 aliphatic heterocycles. The quantitative estimate of drug-likeness (QED) is 0.816. The van der Waals surface area contributed by atoms with Crippen LogP contribution in [0.4, 0.5) is 4.39 Å². The number of nitrogens with one attached hydrogen (secondary N) is 1. The molecule has 1 amide bonds. The Morgan fingerprint density at radius 1 is 1.24 bits per heavy atom. The number of amides is 1. The molecule has 0 radical (unpaired) electrons. The minimum Gasteiger partial charge on any atom is -0.480 e. The molecular formula is C16H16FNO3. The first-order valence-electron chi connectivity index (χ1n) is 6.65. The molecule has 21 heavy (non-hydrogen) atoms. The molecule has 0 aromatic heterocycles. The number of carboxylic acids is 1. The zero-order valence-corrected chi connectivity index (χ0v) is 11.4. The number of benzene rings is 1. The Hall–Kier alpha value is -2.43. The van der Waals surface area contributed by atoms with Gasteiger partial charge in [-0.25, -0.2) is 4.39 Å². The van der Waals surface area contributed by atoms with Crippen LogP contribution in [0.3, 0.4) is 0 Å². The summed E-state index contributed by atoms with van der Waals surface area (Å²) in [6.07, 6.45) is 7.00. The maximum absolute atomic E-state index is 12.8. The van der Waals surface area contributed by atoms with E-state index in [1.54, 1.807) is 30.4 Å². The van der Waals surface area contributed by atoms with Crippen LogP contribution < -0.4 is 5.32 Å². The normalized spacial score (nSPS) is 20.2. The Labute approximate surface area is 122 Å². The van der Waals surface area contributed by atoms with Gasteiger partial charge in [0.05, 0.1) is 0 Å². The summed E-state index contributed by atoms with van der Waals surface area (Å²) in [7, 11) is 0. The van der Waals surface area contributed by atoms with Gasteiger partial charge >= 0.3 is 5.97 Å². The predicted molar refractivity (Wildman–Crippen MR) is 76.1 cm³/mol. The predicted octanol–water partition coefficient (Wildman–Crippen LogP) is 2.07. The number of hydrogen-bond acceptors (Lipinski definition) is 2. The van der Waals surface area contributed by atoms with Gasteiger partial charge in [0.25, 0.3) is 0 Å². The second kappa shape index (κ2) is 6.35. The molecule has 2 rings (SSSR count). The van der Waals surface area contributed by atoms with Crippen molar-refractivity contribution in [2.75, 3.05) is 6.54 Å². The fourth-order valence-corrected chi connectivity index (χ4v) is 2.17. The Morgan fingerprint density at radius 3 is 2.52 bits per heavy atom. The number of carbonyl (C=O) groups excluding carboxylic acids is 1. The second-order valence-corrected chi connectivity index (χ2v) is 4.90. The Bertz CT molecular complexity index is 592. The standard InChI is InChI=1S/C16H16FNO3/c17-13-6-4-12(5-7-13)8-11-18-14(19)16(15(20)21)9-2-1-3-10-16/h1-7,9H,8,10-11H2,(H,18,19)(H,20,21)/t16-/m0/s1. The van der Waals surface area contributed by atoms with Gasteiger partial charge in [-0.2, -0.15) is 0 Å². The number of halogens is 1. The molecule has 0 bridgehead atoms. The van der Waals surface area contributed by atoms with Crippen molar-refractivity contribution in [2.24, 2.45) is 5.41 Å². The van der Waals surface area contributed by atoms with Crippen molar-refractivity contribution in [1.82, 2.24) is 5.32 Å². The molecule has 1 aromatic carbocycles. The van der Waals surface area contributed by atoms with E-state index in [1.807, 2.05) is 0 Å². The summed E-state index contributed by atoms with van der Waals surface area (Å²) in [5.41, 5.74) is -0.655. The van der Waals surface area contributed by atoms with Crippen LogP contribution >= 0.6 is 0 Å². The SMILES string of the molecule is O=C(O)[C@@]1(C(=O)NCCc2ccc(F)cc2)C=CC=CC1. The summed E-state index contributed by atoms with van der Waals surface area (Å²) in [4.78, 5) is 23.6. The molecule has 4 nitrogen and oxygen atoms in total. The van der Waals surface area contributed by atoms with Gasteiger partial charge in [-0.05, 0) is 30.5 Å². The number of allylic oxidation sites excluding steroid dienone is 3. The molecule has 2 N–H and O–H groups in total. The van der Waals surface area contributed by atoms with E-state index in [2.05, 4.69) is 5.32 Å². The molecule has 1 aromatic rings. The van der Waals surface area contributed by atoms with Gasteiger partial charge in [-0.15, -0.1) is 0 Å². The monoisotopic (exact) mass is 289 g/mol. The van der Waals surface area contributed by atoms with Crippen molar-refractivity contribution in [3.8, 4) is 0 Å². The first kappa shape index (κ1) is 15.0. The van der Waals surface area contributed by atoms with Crippen LogP contribution in [0.1, 0.15) is 12.0 Å². The van der Waals surface area contributed by atoms with Crippen molar-refractivity contribution in [1.29, 1.82) is 0 Å². The lowest BCUT2D eigenvalue weighted by molar-refractivity contribution is -0.152. The number of carboxylic acid groups (broad SMARTS) is 1. The van der Waals surface area contributed by atoms with E-state index in [4.69, 9.17) is 0 Å². The molecule has 0 heterocycles. The van der Waals surface area contributed by atoms with E-state index < -0.39 is 17.3 Å². The number of carbonyl (C=O) groups is 2. The molecule has 0 saturated heterocycles. The largest absolute Gasteiger partial charge is 0.480 e. The fourth-order valence-electron chi connectivity index (χ4n) is 2.17. The van der Waals surface area contributed by atoms with E-state index >= 15 is 0 Å². The molecule has 0 unspecified atom stereocenters. The van der Waals surface area contributed by atoms with Gasteiger partial charge in [0.15, 0.2) is 5.41 Å². The lowest BCUT2D eigenvalue weighted by Crippen LogP contribution is -2.46. The third kappa shape index (κ3) is 3.37. The van der Waals surface area contributed by atoms with Crippen LogP contribution in [0, 0.1) is 11.2 Å². The van der Waals surface area contributed by atoms with Gasteiger partial charge in [0.1, 0.15) is 5.82 Å². The van der Waals surface area contributed by atoms with Gasteiger partial charge < -0.3 is 10.4 Å². The first-order chi connectivity index (χ1) is 10.0. The van der Waals surface area contributed by atoms with E-state index in [0.29, 0.717) is 13.0 Å². The van der Waals surface area contributed by atoms with Crippen molar-refractivity contribution in [3.05, 3.63) is 60.0 Å². The van der Waals surface area contributed by atoms with E-state index in [9.17, 15) is 19.1 Å². The van der Waals surface area contributed by atoms with Crippen molar-refractivity contribution in [2.45, 2.75) is 12.8 Å². The third-order valence-electron chi connectivity index (χ3n) is 3.47. The average Bonchev–Trinajstić information content (AvgIpc) is 2.49. The molecule has 5 heteroatoms. The fraction of sp³-hybridized carbons (Fsp3) is 0.250. The van der Waals surface area contributed by atoms with Crippen LogP contribution in [0.15, 0.2) is 48.6 Å². The average molecular weight is 289 g/mol. The minimum atomic E-state index is -1.53. The summed E-state index contributed by atoms with van der Waals surface area (Å²) in [6.45, 7) is 0.303. The highest BCUT2D eigenvalue weighted by Crippen LogP contribution is 2.28. The Kier molecular flexibility index (Phi) is 4.52. The molecule has 1 aliphatic carbocycles. The zero-order valence-electron chi connectivity index (χ0n) is 11.4. The number of rotatable bonds is 5. The number of hydrogen-bond donors (Lipinski definition) is 2. The molecular weight excluding hydrogens is 273 g/mol. The highest BCUT2D eigenvalue weighted by Gasteiger charge is 2.43. The van der Waals surface area contributed by atoms with Gasteiger partial charge in [-0.3, -0.25) is 9.59 Å². The van der Waals surface area contributed by atoms with E-state index in [0.717, 1.165) is 5.56 Å². The molecule has 1 aliphatic rings. The number of aliphatic carboxylic acids is 1. The van der Waals surface area contributed by atoms with Crippen LogP contribution in [0.2, 0.25) is 0 Å². The summed E-state index contributed by atoms with van der Waals surface area (Å²) >= 11 is 0. The highest BCUT2D eigenvalue weighted by atomic mass is 19.1. The minimum absolute atomic E-state index is 0.140. The Morgan fingerprint density at radius 2 is 1.95 bits per heavy atom. The van der Waals surface area contributed by atoms with E-state index in [1.165, 1.54) is 18.2 Å². The Balaban J connectivity index is 1.94. The van der Waals surface area contributed by atoms with Crippen LogP contribution in [-0.2, 0) is 16.0 Å². The van der Waals surface area contributed by atoms with Crippen LogP contribution in [0.25, 0.3) is 0 Å².